The summed E-state index contributed by atoms with van der Waals surface area (Å²) < 4.78 is 0. The molecule has 0 aliphatic rings. The monoisotopic (exact) mass is 205 g/mol. The predicted molar refractivity (Wildman–Crippen MR) is 49.6 cm³/mol. The molecule has 0 aliphatic heterocycles. The third kappa shape index (κ3) is 5.97. The molecule has 0 rings (SSSR count). The average molecular weight is 205 g/mol. The Morgan fingerprint density at radius 1 is 1.69 bits per heavy atom. The molecule has 7 heteroatoms. The summed E-state index contributed by atoms with van der Waals surface area (Å²) in [6.07, 6.45) is 0. The van der Waals surface area contributed by atoms with E-state index in [0.717, 1.165) is 11.8 Å². The molecule has 74 valence electrons. The number of amides is 1. The highest BCUT2D eigenvalue weighted by Crippen LogP contribution is 2.01. The first-order valence-corrected chi connectivity index (χ1v) is 4.38. The summed E-state index contributed by atoms with van der Waals surface area (Å²) >= 11 is 0.875. The number of aliphatic carboxylic acids is 1. The number of carbonyl (C=O) groups is 2. The summed E-state index contributed by atoms with van der Waals surface area (Å²) in [7, 11) is 0. The molecule has 0 saturated heterocycles. The van der Waals surface area contributed by atoms with E-state index in [0.29, 0.717) is 0 Å². The molecule has 1 amide bonds. The molecule has 0 fully saturated rings. The highest BCUT2D eigenvalue weighted by Gasteiger charge is 2.18. The zero-order valence-corrected chi connectivity index (χ0v) is 7.85. The standard InChI is InChI=1S/C6H11N3O3S/c1-3(10)9-4(5(11)12)2-13-6(7)8/h4H,2H2,1H3,(H3,7,8)(H,9,10)(H,11,12)/t4-/m0/s1. The van der Waals surface area contributed by atoms with E-state index in [2.05, 4.69) is 5.32 Å². The van der Waals surface area contributed by atoms with Crippen molar-refractivity contribution in [1.29, 1.82) is 5.41 Å². The van der Waals surface area contributed by atoms with Crippen molar-refractivity contribution in [2.24, 2.45) is 5.73 Å². The lowest BCUT2D eigenvalue weighted by atomic mass is 10.3. The minimum atomic E-state index is -1.14. The van der Waals surface area contributed by atoms with Crippen LogP contribution in [0.5, 0.6) is 0 Å². The van der Waals surface area contributed by atoms with E-state index in [4.69, 9.17) is 16.2 Å². The van der Waals surface area contributed by atoms with Crippen molar-refractivity contribution >= 4 is 28.8 Å². The van der Waals surface area contributed by atoms with E-state index in [9.17, 15) is 9.59 Å². The van der Waals surface area contributed by atoms with Crippen LogP contribution >= 0.6 is 11.8 Å². The first kappa shape index (κ1) is 11.8. The Kier molecular flexibility index (Phi) is 4.90. The van der Waals surface area contributed by atoms with Crippen LogP contribution in [0.1, 0.15) is 6.92 Å². The topological polar surface area (TPSA) is 116 Å². The summed E-state index contributed by atoms with van der Waals surface area (Å²) in [5, 5.41) is 17.5. The van der Waals surface area contributed by atoms with E-state index in [1.807, 2.05) is 0 Å². The number of hydrogen-bond acceptors (Lipinski definition) is 4. The van der Waals surface area contributed by atoms with Gasteiger partial charge in [0.2, 0.25) is 5.91 Å². The van der Waals surface area contributed by atoms with Crippen LogP contribution in [-0.2, 0) is 9.59 Å². The molecule has 0 bridgehead atoms. The number of amidine groups is 1. The van der Waals surface area contributed by atoms with Gasteiger partial charge in [0, 0.05) is 12.7 Å². The van der Waals surface area contributed by atoms with E-state index >= 15 is 0 Å². The normalized spacial score (nSPS) is 11.8. The Morgan fingerprint density at radius 2 is 2.23 bits per heavy atom. The smallest absolute Gasteiger partial charge is 0.327 e. The predicted octanol–water partition coefficient (Wildman–Crippen LogP) is -0.798. The van der Waals surface area contributed by atoms with E-state index in [-0.39, 0.29) is 10.9 Å². The van der Waals surface area contributed by atoms with Crippen molar-refractivity contribution < 1.29 is 14.7 Å². The Morgan fingerprint density at radius 3 is 2.54 bits per heavy atom. The maximum absolute atomic E-state index is 10.5. The van der Waals surface area contributed by atoms with Gasteiger partial charge in [-0.2, -0.15) is 0 Å². The van der Waals surface area contributed by atoms with Crippen LogP contribution in [0.15, 0.2) is 0 Å². The molecule has 0 heterocycles. The van der Waals surface area contributed by atoms with Gasteiger partial charge in [-0.25, -0.2) is 4.79 Å². The van der Waals surface area contributed by atoms with Gasteiger partial charge < -0.3 is 16.2 Å². The molecule has 0 aromatic heterocycles. The first-order chi connectivity index (χ1) is 5.93. The molecular formula is C6H11N3O3S. The molecule has 0 unspecified atom stereocenters. The molecule has 1 atom stereocenters. The fourth-order valence-corrected chi connectivity index (χ4v) is 1.17. The van der Waals surface area contributed by atoms with Crippen molar-refractivity contribution in [3.63, 3.8) is 0 Å². The van der Waals surface area contributed by atoms with Gasteiger partial charge in [-0.3, -0.25) is 10.2 Å². The molecule has 0 radical (unpaired) electrons. The minimum absolute atomic E-state index is 0.0598. The molecule has 5 N–H and O–H groups in total. The molecule has 0 saturated carbocycles. The second-order valence-electron chi connectivity index (χ2n) is 2.27. The van der Waals surface area contributed by atoms with Gasteiger partial charge >= 0.3 is 5.97 Å². The maximum Gasteiger partial charge on any atom is 0.327 e. The minimum Gasteiger partial charge on any atom is -0.480 e. The van der Waals surface area contributed by atoms with Crippen LogP contribution in [0.3, 0.4) is 0 Å². The summed E-state index contributed by atoms with van der Waals surface area (Å²) in [6.45, 7) is 1.23. The van der Waals surface area contributed by atoms with Crippen LogP contribution in [0.25, 0.3) is 0 Å². The van der Waals surface area contributed by atoms with Crippen molar-refractivity contribution in [1.82, 2.24) is 5.32 Å². The van der Waals surface area contributed by atoms with Gasteiger partial charge in [0.25, 0.3) is 0 Å². The number of rotatable bonds is 4. The molecule has 6 nitrogen and oxygen atoms in total. The zero-order chi connectivity index (χ0) is 10.4. The summed E-state index contributed by atoms with van der Waals surface area (Å²) in [5.41, 5.74) is 5.01. The highest BCUT2D eigenvalue weighted by molar-refractivity contribution is 8.13. The van der Waals surface area contributed by atoms with E-state index < -0.39 is 17.9 Å². The lowest BCUT2D eigenvalue weighted by molar-refractivity contribution is -0.140. The van der Waals surface area contributed by atoms with Gasteiger partial charge in [0.05, 0.1) is 0 Å². The van der Waals surface area contributed by atoms with E-state index in [1.54, 1.807) is 0 Å². The Labute approximate surface area is 79.4 Å². The summed E-state index contributed by atoms with van der Waals surface area (Å²) in [6, 6.07) is -0.994. The van der Waals surface area contributed by atoms with Crippen LogP contribution in [-0.4, -0.2) is 33.9 Å². The Bertz CT molecular complexity index is 231. The number of carbonyl (C=O) groups excluding carboxylic acids is 1. The fraction of sp³-hybridized carbons (Fsp3) is 0.500. The van der Waals surface area contributed by atoms with Crippen LogP contribution < -0.4 is 11.1 Å². The van der Waals surface area contributed by atoms with Crippen LogP contribution in [0, 0.1) is 5.41 Å². The van der Waals surface area contributed by atoms with Crippen molar-refractivity contribution in [2.75, 3.05) is 5.75 Å². The van der Waals surface area contributed by atoms with Gasteiger partial charge in [-0.15, -0.1) is 0 Å². The lowest BCUT2D eigenvalue weighted by Gasteiger charge is -2.11. The van der Waals surface area contributed by atoms with Gasteiger partial charge in [0.1, 0.15) is 6.04 Å². The number of carboxylic acids is 1. The van der Waals surface area contributed by atoms with Crippen LogP contribution in [0.2, 0.25) is 0 Å². The lowest BCUT2D eigenvalue weighted by Crippen LogP contribution is -2.41. The SMILES string of the molecule is CC(=O)N[C@@H](CSC(=N)N)C(=O)O. The number of nitrogens with two attached hydrogens (primary N) is 1. The molecule has 13 heavy (non-hydrogen) atoms. The first-order valence-electron chi connectivity index (χ1n) is 3.40. The third-order valence-electron chi connectivity index (χ3n) is 1.08. The zero-order valence-electron chi connectivity index (χ0n) is 7.03. The number of carboxylic acid groups (broad SMARTS) is 1. The molecule has 0 aromatic carbocycles. The average Bonchev–Trinajstić information content (AvgIpc) is 1.96. The maximum atomic E-state index is 10.5. The molecular weight excluding hydrogens is 194 g/mol. The van der Waals surface area contributed by atoms with Crippen LogP contribution in [0.4, 0.5) is 0 Å². The fourth-order valence-electron chi connectivity index (χ4n) is 0.593. The van der Waals surface area contributed by atoms with Crippen molar-refractivity contribution in [3.05, 3.63) is 0 Å². The quantitative estimate of drug-likeness (QED) is 0.354. The number of thioether (sulfide) groups is 1. The largest absolute Gasteiger partial charge is 0.480 e. The van der Waals surface area contributed by atoms with Gasteiger partial charge in [-0.1, -0.05) is 11.8 Å². The van der Waals surface area contributed by atoms with E-state index in [1.165, 1.54) is 6.92 Å². The summed E-state index contributed by atoms with van der Waals surface area (Å²) in [5.74, 6) is -1.50. The third-order valence-corrected chi connectivity index (χ3v) is 1.89. The van der Waals surface area contributed by atoms with Gasteiger partial charge in [0.15, 0.2) is 5.17 Å². The number of hydrogen-bond donors (Lipinski definition) is 4. The second kappa shape index (κ2) is 5.41. The number of nitrogens with one attached hydrogen (secondary N) is 2. The second-order valence-corrected chi connectivity index (χ2v) is 3.33. The van der Waals surface area contributed by atoms with Gasteiger partial charge in [-0.05, 0) is 0 Å². The molecule has 0 aliphatic carbocycles. The Hall–Kier alpha value is -1.24. The molecule has 0 aromatic rings. The summed E-state index contributed by atoms with van der Waals surface area (Å²) in [4.78, 5) is 21.0. The van der Waals surface area contributed by atoms with Crippen molar-refractivity contribution in [3.8, 4) is 0 Å². The highest BCUT2D eigenvalue weighted by atomic mass is 32.2. The Balaban J connectivity index is 4.02. The van der Waals surface area contributed by atoms with Crippen molar-refractivity contribution in [2.45, 2.75) is 13.0 Å². The molecule has 0 spiro atoms.